The Bertz CT molecular complexity index is 504. The van der Waals surface area contributed by atoms with Gasteiger partial charge in [0.1, 0.15) is 5.75 Å². The van der Waals surface area contributed by atoms with Crippen molar-refractivity contribution in [3.8, 4) is 5.75 Å². The van der Waals surface area contributed by atoms with Gasteiger partial charge < -0.3 is 24.8 Å². The third-order valence-corrected chi connectivity index (χ3v) is 3.50. The van der Waals surface area contributed by atoms with E-state index in [0.717, 1.165) is 23.8 Å². The van der Waals surface area contributed by atoms with E-state index in [1.807, 2.05) is 45.0 Å². The Labute approximate surface area is 145 Å². The zero-order valence-electron chi connectivity index (χ0n) is 15.5. The molecule has 0 aromatic heterocycles. The summed E-state index contributed by atoms with van der Waals surface area (Å²) < 4.78 is 16.4. The molecule has 1 rings (SSSR count). The molecule has 0 aliphatic rings. The molecule has 0 fully saturated rings. The summed E-state index contributed by atoms with van der Waals surface area (Å²) in [6.07, 6.45) is 0. The van der Waals surface area contributed by atoms with Crippen LogP contribution >= 0.6 is 0 Å². The first-order chi connectivity index (χ1) is 11.5. The fraction of sp³-hybridized carbons (Fsp3) is 0.611. The smallest absolute Gasteiger partial charge is 0.191 e. The number of rotatable bonds is 10. The maximum absolute atomic E-state index is 5.71. The summed E-state index contributed by atoms with van der Waals surface area (Å²) in [6.45, 7) is 9.23. The van der Waals surface area contributed by atoms with Crippen molar-refractivity contribution in [3.05, 3.63) is 29.8 Å². The van der Waals surface area contributed by atoms with Crippen molar-refractivity contribution in [2.45, 2.75) is 33.0 Å². The van der Waals surface area contributed by atoms with Crippen LogP contribution in [0.3, 0.4) is 0 Å². The highest BCUT2D eigenvalue weighted by atomic mass is 16.5. The zero-order valence-corrected chi connectivity index (χ0v) is 15.5. The Hall–Kier alpha value is -1.79. The number of nitrogens with zero attached hydrogens (tertiary/aromatic N) is 1. The van der Waals surface area contributed by atoms with Crippen molar-refractivity contribution in [2.24, 2.45) is 4.99 Å². The molecule has 0 bridgehead atoms. The molecular formula is C18H31N3O3. The number of hydrogen-bond donors (Lipinski definition) is 2. The summed E-state index contributed by atoms with van der Waals surface area (Å²) in [5, 5.41) is 6.47. The van der Waals surface area contributed by atoms with Gasteiger partial charge in [0.2, 0.25) is 0 Å². The van der Waals surface area contributed by atoms with Gasteiger partial charge in [-0.3, -0.25) is 4.99 Å². The van der Waals surface area contributed by atoms with Gasteiger partial charge in [0.15, 0.2) is 5.96 Å². The molecule has 6 heteroatoms. The van der Waals surface area contributed by atoms with Crippen molar-refractivity contribution in [3.63, 3.8) is 0 Å². The Balaban J connectivity index is 2.36. The average Bonchev–Trinajstić information content (AvgIpc) is 2.59. The molecule has 0 unspecified atom stereocenters. The van der Waals surface area contributed by atoms with Gasteiger partial charge in [0, 0.05) is 25.8 Å². The summed E-state index contributed by atoms with van der Waals surface area (Å²) in [5.74, 6) is 1.62. The fourth-order valence-corrected chi connectivity index (χ4v) is 1.92. The maximum atomic E-state index is 5.71. The number of guanidine groups is 1. The summed E-state index contributed by atoms with van der Waals surface area (Å²) >= 11 is 0. The molecular weight excluding hydrogens is 306 g/mol. The second-order valence-electron chi connectivity index (χ2n) is 5.95. The topological polar surface area (TPSA) is 64.1 Å². The molecule has 0 aliphatic heterocycles. The molecule has 0 spiro atoms. The van der Waals surface area contributed by atoms with Crippen LogP contribution in [0, 0.1) is 0 Å². The Kier molecular flexibility index (Phi) is 9.19. The van der Waals surface area contributed by atoms with Gasteiger partial charge in [-0.05, 0) is 26.8 Å². The first-order valence-electron chi connectivity index (χ1n) is 8.29. The molecule has 0 saturated carbocycles. The predicted octanol–water partition coefficient (Wildman–Crippen LogP) is 2.19. The predicted molar refractivity (Wildman–Crippen MR) is 97.7 cm³/mol. The van der Waals surface area contributed by atoms with Gasteiger partial charge in [-0.25, -0.2) is 0 Å². The van der Waals surface area contributed by atoms with E-state index in [9.17, 15) is 0 Å². The van der Waals surface area contributed by atoms with E-state index in [4.69, 9.17) is 14.2 Å². The van der Waals surface area contributed by atoms with Crippen molar-refractivity contribution >= 4 is 5.96 Å². The summed E-state index contributed by atoms with van der Waals surface area (Å²) in [4.78, 5) is 4.53. The van der Waals surface area contributed by atoms with E-state index in [1.54, 1.807) is 14.2 Å². The maximum Gasteiger partial charge on any atom is 0.191 e. The lowest BCUT2D eigenvalue weighted by atomic mass is 10.1. The highest BCUT2D eigenvalue weighted by Gasteiger charge is 2.15. The second-order valence-corrected chi connectivity index (χ2v) is 5.95. The Morgan fingerprint density at radius 2 is 1.92 bits per heavy atom. The molecule has 1 aromatic carbocycles. The minimum Gasteiger partial charge on any atom is -0.496 e. The standard InChI is InChI=1S/C18H31N3O3/c1-6-19-17(21-14-18(2,3)23-5)20-11-12-24-13-15-9-7-8-10-16(15)22-4/h7-10H,6,11-14H2,1-5H3,(H2,19,20,21). The van der Waals surface area contributed by atoms with Crippen LogP contribution in [-0.4, -0.2) is 52.0 Å². The normalized spacial score (nSPS) is 12.1. The van der Waals surface area contributed by atoms with Crippen LogP contribution in [0.15, 0.2) is 29.3 Å². The number of hydrogen-bond acceptors (Lipinski definition) is 4. The number of benzene rings is 1. The van der Waals surface area contributed by atoms with Crippen LogP contribution in [0.4, 0.5) is 0 Å². The fourth-order valence-electron chi connectivity index (χ4n) is 1.92. The van der Waals surface area contributed by atoms with Crippen LogP contribution in [0.1, 0.15) is 26.3 Å². The van der Waals surface area contributed by atoms with Crippen LogP contribution in [0.25, 0.3) is 0 Å². The zero-order chi connectivity index (χ0) is 17.8. The van der Waals surface area contributed by atoms with Crippen LogP contribution < -0.4 is 15.4 Å². The highest BCUT2D eigenvalue weighted by molar-refractivity contribution is 5.79. The first-order valence-corrected chi connectivity index (χ1v) is 8.29. The molecule has 0 atom stereocenters. The van der Waals surface area contributed by atoms with E-state index < -0.39 is 0 Å². The molecule has 136 valence electrons. The minimum atomic E-state index is -0.275. The molecule has 24 heavy (non-hydrogen) atoms. The number of ether oxygens (including phenoxy) is 3. The lowest BCUT2D eigenvalue weighted by Crippen LogP contribution is -2.40. The van der Waals surface area contributed by atoms with Gasteiger partial charge in [-0.2, -0.15) is 0 Å². The van der Waals surface area contributed by atoms with Crippen LogP contribution in [0.2, 0.25) is 0 Å². The van der Waals surface area contributed by atoms with Crippen LogP contribution in [0.5, 0.6) is 5.75 Å². The third-order valence-electron chi connectivity index (χ3n) is 3.50. The van der Waals surface area contributed by atoms with E-state index >= 15 is 0 Å². The number of methoxy groups -OCH3 is 2. The average molecular weight is 337 g/mol. The number of para-hydroxylation sites is 1. The second kappa shape index (κ2) is 10.9. The molecule has 0 radical (unpaired) electrons. The third kappa shape index (κ3) is 7.66. The minimum absolute atomic E-state index is 0.275. The molecule has 2 N–H and O–H groups in total. The monoisotopic (exact) mass is 337 g/mol. The van der Waals surface area contributed by atoms with Crippen LogP contribution in [-0.2, 0) is 16.1 Å². The molecule has 0 saturated heterocycles. The largest absolute Gasteiger partial charge is 0.496 e. The molecule has 1 aromatic rings. The Morgan fingerprint density at radius 3 is 2.58 bits per heavy atom. The van der Waals surface area contributed by atoms with E-state index in [0.29, 0.717) is 26.3 Å². The Morgan fingerprint density at radius 1 is 1.17 bits per heavy atom. The molecule has 6 nitrogen and oxygen atoms in total. The summed E-state index contributed by atoms with van der Waals surface area (Å²) in [5.41, 5.74) is 0.769. The van der Waals surface area contributed by atoms with Crippen molar-refractivity contribution in [2.75, 3.05) is 40.5 Å². The lowest BCUT2D eigenvalue weighted by molar-refractivity contribution is 0.0310. The SMILES string of the molecule is CCNC(=NCC(C)(C)OC)NCCOCc1ccccc1OC. The van der Waals surface area contributed by atoms with Gasteiger partial charge in [0.25, 0.3) is 0 Å². The highest BCUT2D eigenvalue weighted by Crippen LogP contribution is 2.17. The summed E-state index contributed by atoms with van der Waals surface area (Å²) in [6, 6.07) is 7.87. The van der Waals surface area contributed by atoms with E-state index in [-0.39, 0.29) is 5.60 Å². The van der Waals surface area contributed by atoms with Gasteiger partial charge in [-0.1, -0.05) is 18.2 Å². The van der Waals surface area contributed by atoms with Gasteiger partial charge in [0.05, 0.1) is 32.5 Å². The van der Waals surface area contributed by atoms with Gasteiger partial charge in [-0.15, -0.1) is 0 Å². The van der Waals surface area contributed by atoms with E-state index in [1.165, 1.54) is 0 Å². The molecule has 0 amide bonds. The van der Waals surface area contributed by atoms with Gasteiger partial charge >= 0.3 is 0 Å². The summed E-state index contributed by atoms with van der Waals surface area (Å²) in [7, 11) is 3.36. The molecule has 0 heterocycles. The van der Waals surface area contributed by atoms with Crippen molar-refractivity contribution < 1.29 is 14.2 Å². The number of nitrogens with one attached hydrogen (secondary N) is 2. The molecule has 0 aliphatic carbocycles. The van der Waals surface area contributed by atoms with E-state index in [2.05, 4.69) is 15.6 Å². The quantitative estimate of drug-likeness (QED) is 0.389. The van der Waals surface area contributed by atoms with Crippen molar-refractivity contribution in [1.29, 1.82) is 0 Å². The first kappa shape index (κ1) is 20.3. The lowest BCUT2D eigenvalue weighted by Gasteiger charge is -2.21. The van der Waals surface area contributed by atoms with Crippen molar-refractivity contribution in [1.82, 2.24) is 10.6 Å². The number of aliphatic imine (C=N–C) groups is 1.